The molecular formula is C18H23N3O3. The zero-order chi connectivity index (χ0) is 16.8. The Bertz CT molecular complexity index is 740. The minimum Gasteiger partial charge on any atom is -0.464 e. The average molecular weight is 329 g/mol. The quantitative estimate of drug-likeness (QED) is 0.892. The van der Waals surface area contributed by atoms with Crippen molar-refractivity contribution in [1.29, 1.82) is 0 Å². The summed E-state index contributed by atoms with van der Waals surface area (Å²) in [5, 5.41) is 2.76. The smallest absolute Gasteiger partial charge is 0.326 e. The lowest BCUT2D eigenvalue weighted by molar-refractivity contribution is 0.199. The highest BCUT2D eigenvalue weighted by Gasteiger charge is 2.37. The van der Waals surface area contributed by atoms with Crippen molar-refractivity contribution in [1.82, 2.24) is 9.88 Å². The maximum atomic E-state index is 12.6. The zero-order valence-electron chi connectivity index (χ0n) is 14.3. The Morgan fingerprint density at radius 2 is 2.08 bits per heavy atom. The van der Waals surface area contributed by atoms with E-state index >= 15 is 0 Å². The van der Waals surface area contributed by atoms with Crippen LogP contribution in [0.1, 0.15) is 55.1 Å². The third kappa shape index (κ3) is 3.05. The summed E-state index contributed by atoms with van der Waals surface area (Å²) in [6, 6.07) is 4.38. The second-order valence-corrected chi connectivity index (χ2v) is 7.07. The number of furan rings is 1. The molecule has 2 saturated carbocycles. The summed E-state index contributed by atoms with van der Waals surface area (Å²) >= 11 is 0. The van der Waals surface area contributed by atoms with Crippen molar-refractivity contribution in [2.24, 2.45) is 5.92 Å². The van der Waals surface area contributed by atoms with Gasteiger partial charge in [0, 0.05) is 12.0 Å². The van der Waals surface area contributed by atoms with E-state index < -0.39 is 0 Å². The molecule has 2 aliphatic rings. The van der Waals surface area contributed by atoms with Gasteiger partial charge in [0.2, 0.25) is 0 Å². The monoisotopic (exact) mass is 329 g/mol. The van der Waals surface area contributed by atoms with E-state index in [4.69, 9.17) is 8.83 Å². The number of aromatic nitrogens is 1. The van der Waals surface area contributed by atoms with Gasteiger partial charge >= 0.3 is 12.0 Å². The van der Waals surface area contributed by atoms with Crippen LogP contribution in [0.4, 0.5) is 10.8 Å². The van der Waals surface area contributed by atoms with Crippen LogP contribution in [0, 0.1) is 19.8 Å². The van der Waals surface area contributed by atoms with Crippen molar-refractivity contribution in [3.63, 3.8) is 0 Å². The van der Waals surface area contributed by atoms with Crippen molar-refractivity contribution in [2.45, 2.75) is 58.5 Å². The van der Waals surface area contributed by atoms with Gasteiger partial charge in [0.05, 0.1) is 12.2 Å². The van der Waals surface area contributed by atoms with Gasteiger partial charge in [-0.05, 0) is 51.2 Å². The van der Waals surface area contributed by atoms with Crippen LogP contribution in [0.15, 0.2) is 21.0 Å². The lowest BCUT2D eigenvalue weighted by atomic mass is 10.3. The molecule has 6 nitrogen and oxygen atoms in total. The van der Waals surface area contributed by atoms with E-state index in [0.29, 0.717) is 18.4 Å². The van der Waals surface area contributed by atoms with Crippen molar-refractivity contribution in [3.05, 3.63) is 35.1 Å². The topological polar surface area (TPSA) is 71.5 Å². The molecule has 128 valence electrons. The fourth-order valence-corrected chi connectivity index (χ4v) is 3.01. The SMILES string of the molecule is Cc1nc(NC(=O)N(Cc2ccc([C@@H]3C[C@H]3C)o2)C2CC2)oc1C. The number of oxazole rings is 1. The Hall–Kier alpha value is -2.24. The number of urea groups is 1. The summed E-state index contributed by atoms with van der Waals surface area (Å²) in [6.07, 6.45) is 3.26. The molecule has 0 aliphatic heterocycles. The molecule has 2 heterocycles. The molecule has 2 fully saturated rings. The number of aryl methyl sites for hydroxylation is 2. The summed E-state index contributed by atoms with van der Waals surface area (Å²) in [5.41, 5.74) is 0.789. The van der Waals surface area contributed by atoms with Gasteiger partial charge in [-0.1, -0.05) is 6.92 Å². The van der Waals surface area contributed by atoms with E-state index in [1.165, 1.54) is 6.42 Å². The predicted octanol–water partition coefficient (Wildman–Crippen LogP) is 4.20. The standard InChI is InChI=1S/C18H23N3O3/c1-10-8-15(10)16-7-6-14(24-16)9-21(13-4-5-13)18(22)20-17-19-11(2)12(3)23-17/h6-7,10,13,15H,4-5,8-9H2,1-3H3,(H,19,20,22)/t10-,15-/m1/s1. The Morgan fingerprint density at radius 3 is 2.67 bits per heavy atom. The van der Waals surface area contributed by atoms with Crippen LogP contribution in [0.25, 0.3) is 0 Å². The van der Waals surface area contributed by atoms with Crippen molar-refractivity contribution >= 4 is 12.0 Å². The van der Waals surface area contributed by atoms with Gasteiger partial charge in [-0.25, -0.2) is 4.79 Å². The molecule has 2 amide bonds. The minimum absolute atomic E-state index is 0.184. The molecule has 0 radical (unpaired) electrons. The second-order valence-electron chi connectivity index (χ2n) is 7.07. The summed E-state index contributed by atoms with van der Waals surface area (Å²) in [5.74, 6) is 3.87. The minimum atomic E-state index is -0.184. The molecule has 1 N–H and O–H groups in total. The van der Waals surface area contributed by atoms with Crippen LogP contribution < -0.4 is 5.32 Å². The van der Waals surface area contributed by atoms with Crippen molar-refractivity contribution < 1.29 is 13.6 Å². The number of carbonyl (C=O) groups excluding carboxylic acids is 1. The Labute approximate surface area is 141 Å². The summed E-state index contributed by atoms with van der Waals surface area (Å²) in [6.45, 7) is 6.41. The molecule has 2 aromatic heterocycles. The van der Waals surface area contributed by atoms with Crippen molar-refractivity contribution in [3.8, 4) is 0 Å². The third-order valence-electron chi connectivity index (χ3n) is 4.97. The first-order valence-corrected chi connectivity index (χ1v) is 8.61. The highest BCUT2D eigenvalue weighted by atomic mass is 16.4. The van der Waals surface area contributed by atoms with Crippen LogP contribution in [0.5, 0.6) is 0 Å². The van der Waals surface area contributed by atoms with Crippen LogP contribution in [-0.4, -0.2) is 22.0 Å². The molecule has 0 aromatic carbocycles. The number of hydrogen-bond acceptors (Lipinski definition) is 4. The van der Waals surface area contributed by atoms with E-state index in [2.05, 4.69) is 17.2 Å². The van der Waals surface area contributed by atoms with Gasteiger partial charge in [-0.15, -0.1) is 0 Å². The van der Waals surface area contributed by atoms with Crippen LogP contribution in [-0.2, 0) is 6.54 Å². The molecule has 0 spiro atoms. The molecule has 0 saturated heterocycles. The maximum absolute atomic E-state index is 12.6. The van der Waals surface area contributed by atoms with Gasteiger partial charge in [0.25, 0.3) is 0 Å². The van der Waals surface area contributed by atoms with E-state index in [0.717, 1.165) is 35.8 Å². The zero-order valence-corrected chi connectivity index (χ0v) is 14.3. The number of anilines is 1. The fourth-order valence-electron chi connectivity index (χ4n) is 3.01. The summed E-state index contributed by atoms with van der Waals surface area (Å²) < 4.78 is 11.4. The van der Waals surface area contributed by atoms with E-state index in [1.54, 1.807) is 0 Å². The molecule has 2 aromatic rings. The lowest BCUT2D eigenvalue weighted by Crippen LogP contribution is -2.36. The van der Waals surface area contributed by atoms with Crippen LogP contribution >= 0.6 is 0 Å². The van der Waals surface area contributed by atoms with Crippen LogP contribution in [0.2, 0.25) is 0 Å². The van der Waals surface area contributed by atoms with Gasteiger partial charge in [0.15, 0.2) is 0 Å². The first kappa shape index (κ1) is 15.3. The highest BCUT2D eigenvalue weighted by molar-refractivity contribution is 5.87. The average Bonchev–Trinajstić information content (AvgIpc) is 3.43. The number of amides is 2. The Morgan fingerprint density at radius 1 is 1.33 bits per heavy atom. The molecule has 0 unspecified atom stereocenters. The molecule has 6 heteroatoms. The largest absolute Gasteiger partial charge is 0.464 e. The normalized spacial score (nSPS) is 22.5. The third-order valence-corrected chi connectivity index (χ3v) is 4.97. The maximum Gasteiger partial charge on any atom is 0.326 e. The highest BCUT2D eigenvalue weighted by Crippen LogP contribution is 2.47. The number of rotatable bonds is 5. The molecule has 0 bridgehead atoms. The van der Waals surface area contributed by atoms with Gasteiger partial charge < -0.3 is 13.7 Å². The van der Waals surface area contributed by atoms with E-state index in [1.807, 2.05) is 30.9 Å². The van der Waals surface area contributed by atoms with E-state index in [-0.39, 0.29) is 18.1 Å². The second kappa shape index (κ2) is 5.69. The van der Waals surface area contributed by atoms with Gasteiger partial charge in [-0.3, -0.25) is 5.32 Å². The number of hydrogen-bond donors (Lipinski definition) is 1. The number of nitrogens with one attached hydrogen (secondary N) is 1. The summed E-state index contributed by atoms with van der Waals surface area (Å²) in [4.78, 5) is 18.6. The molecule has 2 aliphatic carbocycles. The first-order chi connectivity index (χ1) is 11.5. The Balaban J connectivity index is 1.43. The lowest BCUT2D eigenvalue weighted by Gasteiger charge is -2.20. The number of carbonyl (C=O) groups is 1. The van der Waals surface area contributed by atoms with Crippen LogP contribution in [0.3, 0.4) is 0 Å². The first-order valence-electron chi connectivity index (χ1n) is 8.61. The molecular weight excluding hydrogens is 306 g/mol. The van der Waals surface area contributed by atoms with Gasteiger partial charge in [0.1, 0.15) is 17.3 Å². The Kier molecular flexibility index (Phi) is 3.62. The van der Waals surface area contributed by atoms with Gasteiger partial charge in [-0.2, -0.15) is 4.98 Å². The fraction of sp³-hybridized carbons (Fsp3) is 0.556. The molecule has 2 atom stereocenters. The number of nitrogens with zero attached hydrogens (tertiary/aromatic N) is 2. The molecule has 4 rings (SSSR count). The van der Waals surface area contributed by atoms with E-state index in [9.17, 15) is 4.79 Å². The predicted molar refractivity (Wildman–Crippen MR) is 88.8 cm³/mol. The molecule has 24 heavy (non-hydrogen) atoms. The van der Waals surface area contributed by atoms with Crippen molar-refractivity contribution in [2.75, 3.05) is 5.32 Å². The summed E-state index contributed by atoms with van der Waals surface area (Å²) in [7, 11) is 0.